The first-order valence-corrected chi connectivity index (χ1v) is 8.13. The van der Waals surface area contributed by atoms with Crippen LogP contribution in [0.4, 0.5) is 5.69 Å². The Hall–Kier alpha value is -2.96. The Bertz CT molecular complexity index is 844. The fraction of sp³-hybridized carbons (Fsp3) is 0.333. The van der Waals surface area contributed by atoms with Gasteiger partial charge in [-0.3, -0.25) is 9.59 Å². The minimum Gasteiger partial charge on any atom is -0.508 e. The first kappa shape index (κ1) is 16.9. The van der Waals surface area contributed by atoms with Crippen LogP contribution in [0.15, 0.2) is 35.1 Å². The van der Waals surface area contributed by atoms with E-state index in [-0.39, 0.29) is 30.2 Å². The van der Waals surface area contributed by atoms with E-state index in [2.05, 4.69) is 5.32 Å². The van der Waals surface area contributed by atoms with Crippen LogP contribution in [0, 0.1) is 6.92 Å². The van der Waals surface area contributed by atoms with Crippen LogP contribution in [-0.2, 0) is 11.3 Å². The second kappa shape index (κ2) is 7.29. The summed E-state index contributed by atoms with van der Waals surface area (Å²) in [4.78, 5) is 24.0. The van der Waals surface area contributed by atoms with Crippen LogP contribution >= 0.6 is 0 Å². The molecule has 0 saturated heterocycles. The normalized spacial score (nSPS) is 13.2. The first-order valence-electron chi connectivity index (χ1n) is 8.13. The number of aromatic nitrogens is 1. The topological polar surface area (TPSA) is 89.8 Å². The lowest BCUT2D eigenvalue weighted by Gasteiger charge is -2.12. The second-order valence-electron chi connectivity index (χ2n) is 5.85. The highest BCUT2D eigenvalue weighted by Gasteiger charge is 2.12. The monoisotopic (exact) mass is 344 g/mol. The third-order valence-electron chi connectivity index (χ3n) is 3.91. The van der Waals surface area contributed by atoms with E-state index < -0.39 is 0 Å². The van der Waals surface area contributed by atoms with Gasteiger partial charge in [0.2, 0.25) is 5.91 Å². The molecule has 0 saturated carbocycles. The van der Waals surface area contributed by atoms with Crippen LogP contribution in [0.2, 0.25) is 0 Å². The largest absolute Gasteiger partial charge is 0.508 e. The summed E-state index contributed by atoms with van der Waals surface area (Å²) in [5.41, 5.74) is 0.887. The fourth-order valence-electron chi connectivity index (χ4n) is 2.68. The molecule has 0 aliphatic carbocycles. The Balaban J connectivity index is 1.63. The number of nitrogens with one attached hydrogen (secondary N) is 1. The van der Waals surface area contributed by atoms with E-state index in [1.165, 1.54) is 10.6 Å². The van der Waals surface area contributed by atoms with Crippen molar-refractivity contribution in [2.75, 3.05) is 18.5 Å². The van der Waals surface area contributed by atoms with Crippen molar-refractivity contribution in [3.05, 3.63) is 46.4 Å². The number of amides is 1. The molecular formula is C18H20N2O5. The van der Waals surface area contributed by atoms with Crippen molar-refractivity contribution in [2.45, 2.75) is 26.3 Å². The Kier molecular flexibility index (Phi) is 4.92. The summed E-state index contributed by atoms with van der Waals surface area (Å²) in [6.45, 7) is 3.14. The van der Waals surface area contributed by atoms with E-state index in [4.69, 9.17) is 9.47 Å². The molecule has 0 spiro atoms. The minimum absolute atomic E-state index is 0.0737. The van der Waals surface area contributed by atoms with E-state index >= 15 is 0 Å². The van der Waals surface area contributed by atoms with Crippen LogP contribution in [0.5, 0.6) is 17.2 Å². The number of carbonyl (C=O) groups excluding carboxylic acids is 1. The molecule has 1 aromatic carbocycles. The van der Waals surface area contributed by atoms with Crippen LogP contribution in [0.3, 0.4) is 0 Å². The van der Waals surface area contributed by atoms with Crippen molar-refractivity contribution in [3.8, 4) is 17.2 Å². The minimum atomic E-state index is -0.333. The number of rotatable bonds is 4. The zero-order valence-electron chi connectivity index (χ0n) is 13.9. The molecule has 0 bridgehead atoms. The molecule has 1 amide bonds. The summed E-state index contributed by atoms with van der Waals surface area (Å²) in [6.07, 6.45) is 0.955. The lowest BCUT2D eigenvalue weighted by molar-refractivity contribution is -0.116. The number of carbonyl (C=O) groups is 1. The summed E-state index contributed by atoms with van der Waals surface area (Å²) in [5.74, 6) is 0.993. The maximum atomic E-state index is 12.2. The van der Waals surface area contributed by atoms with Crippen molar-refractivity contribution in [2.24, 2.45) is 0 Å². The Morgan fingerprint density at radius 2 is 1.96 bits per heavy atom. The van der Waals surface area contributed by atoms with Gasteiger partial charge in [0, 0.05) is 42.9 Å². The number of aryl methyl sites for hydroxylation is 1. The Morgan fingerprint density at radius 3 is 2.72 bits per heavy atom. The maximum absolute atomic E-state index is 12.2. The first-order chi connectivity index (χ1) is 12.0. The molecule has 2 N–H and O–H groups in total. The summed E-state index contributed by atoms with van der Waals surface area (Å²) >= 11 is 0. The molecular weight excluding hydrogens is 324 g/mol. The highest BCUT2D eigenvalue weighted by Crippen LogP contribution is 2.32. The van der Waals surface area contributed by atoms with Crippen molar-refractivity contribution in [1.82, 2.24) is 4.57 Å². The molecule has 1 aromatic heterocycles. The third kappa shape index (κ3) is 4.12. The summed E-state index contributed by atoms with van der Waals surface area (Å²) < 4.78 is 12.6. The number of pyridine rings is 1. The molecule has 132 valence electrons. The molecule has 1 aliphatic rings. The lowest BCUT2D eigenvalue weighted by Crippen LogP contribution is -2.24. The molecule has 2 heterocycles. The second-order valence-corrected chi connectivity index (χ2v) is 5.85. The number of nitrogens with zero attached hydrogens (tertiary/aromatic N) is 1. The van der Waals surface area contributed by atoms with Crippen LogP contribution in [0.25, 0.3) is 0 Å². The molecule has 0 atom stereocenters. The van der Waals surface area contributed by atoms with Gasteiger partial charge in [0.25, 0.3) is 5.56 Å². The summed E-state index contributed by atoms with van der Waals surface area (Å²) in [5, 5.41) is 12.2. The highest BCUT2D eigenvalue weighted by molar-refractivity contribution is 5.91. The molecule has 0 radical (unpaired) electrons. The van der Waals surface area contributed by atoms with E-state index in [1.54, 1.807) is 25.1 Å². The molecule has 2 aromatic rings. The van der Waals surface area contributed by atoms with Gasteiger partial charge in [-0.1, -0.05) is 0 Å². The Morgan fingerprint density at radius 1 is 1.20 bits per heavy atom. The van der Waals surface area contributed by atoms with Crippen molar-refractivity contribution in [3.63, 3.8) is 0 Å². The SMILES string of the molecule is Cc1cc(O)cc(=O)n1CCC(=O)Nc1ccc2c(c1)OCCCO2. The number of anilines is 1. The van der Waals surface area contributed by atoms with Gasteiger partial charge in [-0.2, -0.15) is 0 Å². The predicted octanol–water partition coefficient (Wildman–Crippen LogP) is 2.05. The zero-order chi connectivity index (χ0) is 17.8. The van der Waals surface area contributed by atoms with E-state index in [0.29, 0.717) is 36.1 Å². The fourth-order valence-corrected chi connectivity index (χ4v) is 2.68. The van der Waals surface area contributed by atoms with Gasteiger partial charge in [0.15, 0.2) is 11.5 Å². The van der Waals surface area contributed by atoms with Gasteiger partial charge in [0.1, 0.15) is 5.75 Å². The molecule has 0 unspecified atom stereocenters. The van der Waals surface area contributed by atoms with Crippen LogP contribution in [0.1, 0.15) is 18.5 Å². The average Bonchev–Trinajstić information content (AvgIpc) is 2.78. The standard InChI is InChI=1S/C18H20N2O5/c1-12-9-14(21)11-18(23)20(12)6-5-17(22)19-13-3-4-15-16(10-13)25-8-2-7-24-15/h3-4,9-11,21H,2,5-8H2,1H3,(H,19,22). The number of benzene rings is 1. The van der Waals surface area contributed by atoms with E-state index in [1.807, 2.05) is 0 Å². The molecule has 1 aliphatic heterocycles. The van der Waals surface area contributed by atoms with Gasteiger partial charge < -0.3 is 24.5 Å². The van der Waals surface area contributed by atoms with Gasteiger partial charge in [-0.15, -0.1) is 0 Å². The van der Waals surface area contributed by atoms with Gasteiger partial charge >= 0.3 is 0 Å². The molecule has 7 nitrogen and oxygen atoms in total. The van der Waals surface area contributed by atoms with Gasteiger partial charge in [0.05, 0.1) is 13.2 Å². The molecule has 7 heteroatoms. The Labute approximate surface area is 144 Å². The van der Waals surface area contributed by atoms with Crippen LogP contribution in [-0.4, -0.2) is 28.8 Å². The predicted molar refractivity (Wildman–Crippen MR) is 92.4 cm³/mol. The quantitative estimate of drug-likeness (QED) is 0.886. The number of hydrogen-bond acceptors (Lipinski definition) is 5. The van der Waals surface area contributed by atoms with Crippen LogP contribution < -0.4 is 20.3 Å². The van der Waals surface area contributed by atoms with Crippen molar-refractivity contribution < 1.29 is 19.4 Å². The number of ether oxygens (including phenoxy) is 2. The zero-order valence-corrected chi connectivity index (χ0v) is 13.9. The van der Waals surface area contributed by atoms with Gasteiger partial charge in [-0.25, -0.2) is 0 Å². The van der Waals surface area contributed by atoms with Gasteiger partial charge in [-0.05, 0) is 25.1 Å². The van der Waals surface area contributed by atoms with E-state index in [9.17, 15) is 14.7 Å². The number of aromatic hydroxyl groups is 1. The highest BCUT2D eigenvalue weighted by atomic mass is 16.5. The molecule has 25 heavy (non-hydrogen) atoms. The summed E-state index contributed by atoms with van der Waals surface area (Å²) in [6, 6.07) is 7.88. The summed E-state index contributed by atoms with van der Waals surface area (Å²) in [7, 11) is 0. The lowest BCUT2D eigenvalue weighted by atomic mass is 10.2. The van der Waals surface area contributed by atoms with Crippen molar-refractivity contribution >= 4 is 11.6 Å². The maximum Gasteiger partial charge on any atom is 0.254 e. The molecule has 3 rings (SSSR count). The molecule has 0 fully saturated rings. The third-order valence-corrected chi connectivity index (χ3v) is 3.91. The van der Waals surface area contributed by atoms with E-state index in [0.717, 1.165) is 12.5 Å². The average molecular weight is 344 g/mol. The number of fused-ring (bicyclic) bond motifs is 1. The smallest absolute Gasteiger partial charge is 0.254 e. The van der Waals surface area contributed by atoms with Crippen molar-refractivity contribution in [1.29, 1.82) is 0 Å². The number of hydrogen-bond donors (Lipinski definition) is 2.